The average molecular weight is 304 g/mol. The fraction of sp³-hybridized carbons (Fsp3) is 0.143. The van der Waals surface area contributed by atoms with Crippen molar-refractivity contribution in [3.05, 3.63) is 40.6 Å². The van der Waals surface area contributed by atoms with Gasteiger partial charge in [0.05, 0.1) is 22.4 Å². The van der Waals surface area contributed by atoms with E-state index in [2.05, 4.69) is 10.3 Å². The molecule has 0 saturated carbocycles. The standard InChI is InChI=1S/C14H12N2O2S2/c1-2-18-10-3-4-11-12(7-10)20-14(15-11)16-13(17)9-5-6-19-8-9/h3-8H,2H2,1H3,(H,15,16,17). The molecule has 102 valence electrons. The number of aromatic nitrogens is 1. The maximum atomic E-state index is 12.0. The molecule has 1 N–H and O–H groups in total. The number of amides is 1. The predicted octanol–water partition coefficient (Wildman–Crippen LogP) is 4.01. The number of thiophene rings is 1. The molecule has 0 aliphatic rings. The maximum Gasteiger partial charge on any atom is 0.258 e. The second kappa shape index (κ2) is 5.60. The number of carbonyl (C=O) groups excluding carboxylic acids is 1. The molecule has 0 aliphatic heterocycles. The highest BCUT2D eigenvalue weighted by molar-refractivity contribution is 7.22. The predicted molar refractivity (Wildman–Crippen MR) is 83.1 cm³/mol. The fourth-order valence-electron chi connectivity index (χ4n) is 1.78. The van der Waals surface area contributed by atoms with Crippen LogP contribution in [0, 0.1) is 0 Å². The molecule has 6 heteroatoms. The van der Waals surface area contributed by atoms with Crippen LogP contribution in [-0.2, 0) is 0 Å². The molecule has 0 spiro atoms. The Kier molecular flexibility index (Phi) is 3.66. The first kappa shape index (κ1) is 13.1. The van der Waals surface area contributed by atoms with E-state index in [-0.39, 0.29) is 5.91 Å². The van der Waals surface area contributed by atoms with Gasteiger partial charge in [0.25, 0.3) is 5.91 Å². The molecular weight excluding hydrogens is 292 g/mol. The number of anilines is 1. The molecule has 2 heterocycles. The van der Waals surface area contributed by atoms with Gasteiger partial charge in [-0.1, -0.05) is 11.3 Å². The number of hydrogen-bond donors (Lipinski definition) is 1. The molecule has 3 aromatic rings. The van der Waals surface area contributed by atoms with Crippen LogP contribution in [0.3, 0.4) is 0 Å². The molecule has 0 atom stereocenters. The van der Waals surface area contributed by atoms with Crippen LogP contribution in [0.15, 0.2) is 35.0 Å². The van der Waals surface area contributed by atoms with Gasteiger partial charge in [-0.3, -0.25) is 10.1 Å². The van der Waals surface area contributed by atoms with E-state index in [4.69, 9.17) is 4.74 Å². The molecule has 0 unspecified atom stereocenters. The smallest absolute Gasteiger partial charge is 0.258 e. The van der Waals surface area contributed by atoms with Crippen LogP contribution in [0.5, 0.6) is 5.75 Å². The summed E-state index contributed by atoms with van der Waals surface area (Å²) in [5, 5.41) is 7.11. The molecule has 0 radical (unpaired) electrons. The molecule has 0 fully saturated rings. The van der Waals surface area contributed by atoms with Gasteiger partial charge in [0.2, 0.25) is 0 Å². The molecule has 20 heavy (non-hydrogen) atoms. The summed E-state index contributed by atoms with van der Waals surface area (Å²) >= 11 is 2.94. The van der Waals surface area contributed by atoms with E-state index in [0.29, 0.717) is 17.3 Å². The van der Waals surface area contributed by atoms with Crippen LogP contribution in [0.2, 0.25) is 0 Å². The normalized spacial score (nSPS) is 10.7. The van der Waals surface area contributed by atoms with Gasteiger partial charge < -0.3 is 4.74 Å². The first-order valence-corrected chi connectivity index (χ1v) is 7.89. The summed E-state index contributed by atoms with van der Waals surface area (Å²) in [5.74, 6) is 0.690. The topological polar surface area (TPSA) is 51.2 Å². The van der Waals surface area contributed by atoms with Gasteiger partial charge in [0.1, 0.15) is 5.75 Å². The van der Waals surface area contributed by atoms with Gasteiger partial charge in [-0.25, -0.2) is 4.98 Å². The first-order valence-electron chi connectivity index (χ1n) is 6.13. The summed E-state index contributed by atoms with van der Waals surface area (Å²) in [6.07, 6.45) is 0. The summed E-state index contributed by atoms with van der Waals surface area (Å²) in [5.41, 5.74) is 1.52. The molecule has 0 aliphatic carbocycles. The highest BCUT2D eigenvalue weighted by Gasteiger charge is 2.10. The Hall–Kier alpha value is -1.92. The van der Waals surface area contributed by atoms with E-state index in [0.717, 1.165) is 16.0 Å². The zero-order valence-electron chi connectivity index (χ0n) is 10.8. The van der Waals surface area contributed by atoms with E-state index in [9.17, 15) is 4.79 Å². The molecule has 1 amide bonds. The van der Waals surface area contributed by atoms with Crippen molar-refractivity contribution in [2.45, 2.75) is 6.92 Å². The average Bonchev–Trinajstić information content (AvgIpc) is 3.06. The lowest BCUT2D eigenvalue weighted by atomic mass is 10.3. The van der Waals surface area contributed by atoms with Crippen LogP contribution >= 0.6 is 22.7 Å². The number of rotatable bonds is 4. The van der Waals surface area contributed by atoms with Crippen LogP contribution in [0.4, 0.5) is 5.13 Å². The van der Waals surface area contributed by atoms with Crippen molar-refractivity contribution in [2.75, 3.05) is 11.9 Å². The Morgan fingerprint density at radius 1 is 1.40 bits per heavy atom. The number of nitrogens with zero attached hydrogens (tertiary/aromatic N) is 1. The van der Waals surface area contributed by atoms with Crippen LogP contribution < -0.4 is 10.1 Å². The van der Waals surface area contributed by atoms with Crippen LogP contribution in [0.1, 0.15) is 17.3 Å². The lowest BCUT2D eigenvalue weighted by molar-refractivity contribution is 0.102. The Balaban J connectivity index is 1.84. The number of carbonyl (C=O) groups is 1. The minimum atomic E-state index is -0.129. The molecule has 1 aromatic carbocycles. The third-order valence-corrected chi connectivity index (χ3v) is 4.29. The molecule has 0 bridgehead atoms. The van der Waals surface area contributed by atoms with Crippen LogP contribution in [-0.4, -0.2) is 17.5 Å². The summed E-state index contributed by atoms with van der Waals surface area (Å²) in [7, 11) is 0. The summed E-state index contributed by atoms with van der Waals surface area (Å²) in [6, 6.07) is 7.52. The quantitative estimate of drug-likeness (QED) is 0.792. The third kappa shape index (κ3) is 2.66. The number of hydrogen-bond acceptors (Lipinski definition) is 5. The number of thiazole rings is 1. The minimum Gasteiger partial charge on any atom is -0.494 e. The number of fused-ring (bicyclic) bond motifs is 1. The van der Waals surface area contributed by atoms with Gasteiger partial charge in [-0.05, 0) is 36.6 Å². The third-order valence-electron chi connectivity index (χ3n) is 2.67. The Morgan fingerprint density at radius 3 is 3.05 bits per heavy atom. The minimum absolute atomic E-state index is 0.129. The van der Waals surface area contributed by atoms with Gasteiger partial charge in [0.15, 0.2) is 5.13 Å². The van der Waals surface area contributed by atoms with Crippen molar-refractivity contribution in [3.8, 4) is 5.75 Å². The summed E-state index contributed by atoms with van der Waals surface area (Å²) in [6.45, 7) is 2.58. The van der Waals surface area contributed by atoms with Crippen molar-refractivity contribution in [3.63, 3.8) is 0 Å². The second-order valence-corrected chi connectivity index (χ2v) is 5.86. The Labute approximate surface area is 124 Å². The van der Waals surface area contributed by atoms with Crippen molar-refractivity contribution in [2.24, 2.45) is 0 Å². The number of benzene rings is 1. The Morgan fingerprint density at radius 2 is 2.30 bits per heavy atom. The van der Waals surface area contributed by atoms with Crippen molar-refractivity contribution < 1.29 is 9.53 Å². The largest absolute Gasteiger partial charge is 0.494 e. The number of nitrogens with one attached hydrogen (secondary N) is 1. The van der Waals surface area contributed by atoms with Gasteiger partial charge in [-0.15, -0.1) is 0 Å². The van der Waals surface area contributed by atoms with E-state index < -0.39 is 0 Å². The molecule has 0 saturated heterocycles. The second-order valence-electron chi connectivity index (χ2n) is 4.05. The fourth-order valence-corrected chi connectivity index (χ4v) is 3.30. The first-order chi connectivity index (χ1) is 9.76. The van der Waals surface area contributed by atoms with E-state index in [1.165, 1.54) is 22.7 Å². The lowest BCUT2D eigenvalue weighted by Gasteiger charge is -2.00. The van der Waals surface area contributed by atoms with Crippen LogP contribution in [0.25, 0.3) is 10.2 Å². The van der Waals surface area contributed by atoms with Gasteiger partial charge in [-0.2, -0.15) is 11.3 Å². The SMILES string of the molecule is CCOc1ccc2nc(NC(=O)c3ccsc3)sc2c1. The molecule has 2 aromatic heterocycles. The highest BCUT2D eigenvalue weighted by Crippen LogP contribution is 2.29. The van der Waals surface area contributed by atoms with Gasteiger partial charge in [0, 0.05) is 5.38 Å². The molecule has 4 nitrogen and oxygen atoms in total. The van der Waals surface area contributed by atoms with E-state index in [1.807, 2.05) is 35.9 Å². The summed E-state index contributed by atoms with van der Waals surface area (Å²) < 4.78 is 6.45. The molecular formula is C14H12N2O2S2. The lowest BCUT2D eigenvalue weighted by Crippen LogP contribution is -2.10. The van der Waals surface area contributed by atoms with E-state index in [1.54, 1.807) is 6.07 Å². The van der Waals surface area contributed by atoms with Crippen molar-refractivity contribution in [1.29, 1.82) is 0 Å². The van der Waals surface area contributed by atoms with Crippen molar-refractivity contribution in [1.82, 2.24) is 4.98 Å². The zero-order chi connectivity index (χ0) is 13.9. The maximum absolute atomic E-state index is 12.0. The highest BCUT2D eigenvalue weighted by atomic mass is 32.1. The number of ether oxygens (including phenoxy) is 1. The Bertz CT molecular complexity index is 735. The van der Waals surface area contributed by atoms with Crippen molar-refractivity contribution >= 4 is 43.9 Å². The molecule has 3 rings (SSSR count). The zero-order valence-corrected chi connectivity index (χ0v) is 12.4. The van der Waals surface area contributed by atoms with E-state index >= 15 is 0 Å². The summed E-state index contributed by atoms with van der Waals surface area (Å²) in [4.78, 5) is 16.4. The monoisotopic (exact) mass is 304 g/mol. The van der Waals surface area contributed by atoms with Gasteiger partial charge >= 0.3 is 0 Å².